The molecule has 0 radical (unpaired) electrons. The molecule has 0 aliphatic carbocycles. The number of unbranched alkanes of at least 4 members (excludes halogenated alkanes) is 2. The number of anilines is 2. The Morgan fingerprint density at radius 2 is 1.71 bits per heavy atom. The number of aliphatic hydroxyl groups excluding tert-OH is 1. The van der Waals surface area contributed by atoms with Crippen LogP contribution in [0.5, 0.6) is 11.6 Å². The van der Waals surface area contributed by atoms with Crippen molar-refractivity contribution in [3.63, 3.8) is 0 Å². The molecule has 0 saturated carbocycles. The van der Waals surface area contributed by atoms with Gasteiger partial charge in [-0.2, -0.15) is 26.3 Å². The third kappa shape index (κ3) is 10.3. The van der Waals surface area contributed by atoms with Crippen LogP contribution in [0.1, 0.15) is 79.6 Å². The Kier molecular flexibility index (Phi) is 12.9. The van der Waals surface area contributed by atoms with Crippen molar-refractivity contribution in [2.45, 2.75) is 76.3 Å². The number of nitrogens with zero attached hydrogens (tertiary/aromatic N) is 4. The number of amides is 1. The molecular formula is C33H37F6N5O7. The molecule has 0 saturated heterocycles. The molecule has 4 rings (SSSR count). The summed E-state index contributed by atoms with van der Waals surface area (Å²) in [6, 6.07) is 3.37. The highest BCUT2D eigenvalue weighted by atomic mass is 19.4. The van der Waals surface area contributed by atoms with E-state index in [1.165, 1.54) is 18.2 Å². The van der Waals surface area contributed by atoms with E-state index < -0.39 is 60.7 Å². The number of alkyl halides is 6. The number of aromatic nitrogens is 3. The van der Waals surface area contributed by atoms with Gasteiger partial charge in [-0.3, -0.25) is 9.69 Å². The second-order valence-electron chi connectivity index (χ2n) is 11.6. The van der Waals surface area contributed by atoms with E-state index in [4.69, 9.17) is 19.3 Å². The first-order valence-electron chi connectivity index (χ1n) is 16.0. The maximum Gasteiger partial charge on any atom is 0.416 e. The van der Waals surface area contributed by atoms with E-state index in [-0.39, 0.29) is 61.0 Å². The maximum absolute atomic E-state index is 13.6. The molecule has 1 aliphatic heterocycles. The number of rotatable bonds is 15. The molecule has 3 N–H and O–H groups in total. The molecule has 0 fully saturated rings. The van der Waals surface area contributed by atoms with Gasteiger partial charge in [0.2, 0.25) is 11.8 Å². The molecular weight excluding hydrogens is 692 g/mol. The van der Waals surface area contributed by atoms with E-state index in [1.54, 1.807) is 12.1 Å². The SMILES string of the molecule is CC[C@@H]1C[C@H](Nc2ncc(OCCO)c(Cc3cc(C(F)(F)F)cc(C(F)(F)F)c3)n2)c2nc(OC)ccc2N1C(=O)OCCCCCC(=O)O. The number of pyridine rings is 1. The Bertz CT molecular complexity index is 1640. The number of fused-ring (bicyclic) bond motifs is 1. The van der Waals surface area contributed by atoms with Crippen LogP contribution in [0, 0.1) is 0 Å². The van der Waals surface area contributed by atoms with E-state index in [1.807, 2.05) is 6.92 Å². The molecule has 0 spiro atoms. The number of carbonyl (C=O) groups is 2. The van der Waals surface area contributed by atoms with Gasteiger partial charge >= 0.3 is 24.4 Å². The summed E-state index contributed by atoms with van der Waals surface area (Å²) < 4.78 is 97.7. The monoisotopic (exact) mass is 729 g/mol. The van der Waals surface area contributed by atoms with E-state index in [0.29, 0.717) is 49.2 Å². The van der Waals surface area contributed by atoms with Gasteiger partial charge in [0.1, 0.15) is 6.61 Å². The molecule has 2 aromatic heterocycles. The number of halogens is 6. The topological polar surface area (TPSA) is 156 Å². The Hall–Kier alpha value is -4.87. The summed E-state index contributed by atoms with van der Waals surface area (Å²) in [6.07, 6.45) is -7.81. The van der Waals surface area contributed by atoms with Gasteiger partial charge in [-0.1, -0.05) is 6.92 Å². The first kappa shape index (κ1) is 38.9. The van der Waals surface area contributed by atoms with E-state index in [9.17, 15) is 41.0 Å². The Labute approximate surface area is 288 Å². The maximum atomic E-state index is 13.6. The third-order valence-electron chi connectivity index (χ3n) is 7.98. The number of carboxylic acid groups (broad SMARTS) is 1. The van der Waals surface area contributed by atoms with Crippen molar-refractivity contribution < 1.29 is 60.4 Å². The minimum absolute atomic E-state index is 0.0150. The van der Waals surface area contributed by atoms with Gasteiger partial charge in [-0.05, 0) is 61.9 Å². The quantitative estimate of drug-likeness (QED) is 0.112. The number of ether oxygens (including phenoxy) is 3. The van der Waals surface area contributed by atoms with Crippen LogP contribution in [-0.4, -0.2) is 70.2 Å². The molecule has 1 aliphatic rings. The third-order valence-corrected chi connectivity index (χ3v) is 7.98. The minimum atomic E-state index is -5.05. The first-order valence-corrected chi connectivity index (χ1v) is 16.0. The van der Waals surface area contributed by atoms with Crippen molar-refractivity contribution in [3.8, 4) is 11.6 Å². The van der Waals surface area contributed by atoms with Crippen molar-refractivity contribution in [3.05, 3.63) is 64.6 Å². The fourth-order valence-corrected chi connectivity index (χ4v) is 5.57. The van der Waals surface area contributed by atoms with Crippen molar-refractivity contribution in [2.75, 3.05) is 37.1 Å². The summed E-state index contributed by atoms with van der Waals surface area (Å²) in [5, 5.41) is 21.2. The molecule has 2 atom stereocenters. The summed E-state index contributed by atoms with van der Waals surface area (Å²) in [6.45, 7) is 1.26. The minimum Gasteiger partial charge on any atom is -0.488 e. The predicted octanol–water partition coefficient (Wildman–Crippen LogP) is 6.80. The molecule has 0 unspecified atom stereocenters. The highest BCUT2D eigenvalue weighted by molar-refractivity contribution is 5.90. The number of carboxylic acids is 1. The zero-order chi connectivity index (χ0) is 37.3. The zero-order valence-corrected chi connectivity index (χ0v) is 27.7. The van der Waals surface area contributed by atoms with Crippen LogP contribution in [0.25, 0.3) is 0 Å². The lowest BCUT2D eigenvalue weighted by atomic mass is 9.93. The molecule has 0 bridgehead atoms. The number of nitrogens with one attached hydrogen (secondary N) is 1. The highest BCUT2D eigenvalue weighted by Crippen LogP contribution is 2.41. The lowest BCUT2D eigenvalue weighted by Crippen LogP contribution is -2.46. The Morgan fingerprint density at radius 3 is 2.31 bits per heavy atom. The summed E-state index contributed by atoms with van der Waals surface area (Å²) in [7, 11) is 1.41. The van der Waals surface area contributed by atoms with Crippen LogP contribution < -0.4 is 19.7 Å². The molecule has 1 aromatic carbocycles. The molecule has 51 heavy (non-hydrogen) atoms. The second kappa shape index (κ2) is 16.9. The van der Waals surface area contributed by atoms with Crippen LogP contribution in [0.3, 0.4) is 0 Å². The van der Waals surface area contributed by atoms with Crippen molar-refractivity contribution in [2.24, 2.45) is 0 Å². The molecule has 12 nitrogen and oxygen atoms in total. The summed E-state index contributed by atoms with van der Waals surface area (Å²) in [4.78, 5) is 38.8. The number of hydrogen-bond acceptors (Lipinski definition) is 10. The van der Waals surface area contributed by atoms with Gasteiger partial charge in [-0.15, -0.1) is 0 Å². The second-order valence-corrected chi connectivity index (χ2v) is 11.6. The zero-order valence-electron chi connectivity index (χ0n) is 27.7. The largest absolute Gasteiger partial charge is 0.488 e. The molecule has 18 heteroatoms. The molecule has 3 heterocycles. The van der Waals surface area contributed by atoms with Crippen molar-refractivity contribution in [1.29, 1.82) is 0 Å². The van der Waals surface area contributed by atoms with Crippen LogP contribution in [0.2, 0.25) is 0 Å². The average molecular weight is 730 g/mol. The van der Waals surface area contributed by atoms with Gasteiger partial charge in [0.15, 0.2) is 5.75 Å². The normalized spacial score (nSPS) is 16.0. The fourth-order valence-electron chi connectivity index (χ4n) is 5.57. The summed E-state index contributed by atoms with van der Waals surface area (Å²) in [5.41, 5.74) is -2.60. The van der Waals surface area contributed by atoms with Crippen molar-refractivity contribution in [1.82, 2.24) is 15.0 Å². The van der Waals surface area contributed by atoms with Crippen LogP contribution in [0.4, 0.5) is 42.8 Å². The lowest BCUT2D eigenvalue weighted by Gasteiger charge is -2.39. The van der Waals surface area contributed by atoms with Gasteiger partial charge in [-0.25, -0.2) is 19.7 Å². The van der Waals surface area contributed by atoms with E-state index >= 15 is 0 Å². The molecule has 278 valence electrons. The lowest BCUT2D eigenvalue weighted by molar-refractivity contribution is -0.143. The predicted molar refractivity (Wildman–Crippen MR) is 170 cm³/mol. The number of methoxy groups -OCH3 is 1. The van der Waals surface area contributed by atoms with E-state index in [2.05, 4.69) is 20.3 Å². The van der Waals surface area contributed by atoms with Gasteiger partial charge < -0.3 is 29.7 Å². The highest BCUT2D eigenvalue weighted by Gasteiger charge is 2.39. The number of aliphatic carboxylic acids is 1. The van der Waals surface area contributed by atoms with Crippen LogP contribution >= 0.6 is 0 Å². The number of benzene rings is 1. The van der Waals surface area contributed by atoms with Gasteiger partial charge in [0, 0.05) is 24.9 Å². The van der Waals surface area contributed by atoms with Crippen LogP contribution in [0.15, 0.2) is 36.5 Å². The average Bonchev–Trinajstić information content (AvgIpc) is 3.07. The van der Waals surface area contributed by atoms with Gasteiger partial charge in [0.05, 0.1) is 60.8 Å². The Balaban J connectivity index is 1.65. The van der Waals surface area contributed by atoms with Crippen molar-refractivity contribution >= 4 is 23.7 Å². The molecule has 1 amide bonds. The number of carbonyl (C=O) groups excluding carboxylic acids is 1. The molecule has 3 aromatic rings. The Morgan fingerprint density at radius 1 is 1.00 bits per heavy atom. The fraction of sp³-hybridized carbons (Fsp3) is 0.485. The summed E-state index contributed by atoms with van der Waals surface area (Å²) in [5.74, 6) is -0.803. The summed E-state index contributed by atoms with van der Waals surface area (Å²) >= 11 is 0. The first-order chi connectivity index (χ1) is 24.1. The van der Waals surface area contributed by atoms with Gasteiger partial charge in [0.25, 0.3) is 0 Å². The standard InChI is InChI=1S/C33H37F6N5O7/c1-3-22-17-24(29-25(8-9-27(43-29)49-2)44(22)31(48)51-11-6-4-5-7-28(46)47)42-30-40-18-26(50-12-10-45)23(41-30)15-19-13-20(32(34,35)36)16-21(14-19)33(37,38)39/h8-9,13-14,16,18,22,24,45H,3-7,10-12,15,17H2,1-2H3,(H,46,47)(H,40,41,42)/t22-,24+/m1/s1. The van der Waals surface area contributed by atoms with E-state index in [0.717, 1.165) is 0 Å². The van der Waals surface area contributed by atoms with Crippen LogP contribution in [-0.2, 0) is 28.3 Å². The smallest absolute Gasteiger partial charge is 0.416 e. The number of aliphatic hydroxyl groups is 1. The number of hydrogen-bond donors (Lipinski definition) is 3.